The van der Waals surface area contributed by atoms with Gasteiger partial charge in [-0.1, -0.05) is 29.8 Å². The van der Waals surface area contributed by atoms with E-state index in [0.717, 1.165) is 29.8 Å². The van der Waals surface area contributed by atoms with Crippen LogP contribution in [-0.4, -0.2) is 46.1 Å². The summed E-state index contributed by atoms with van der Waals surface area (Å²) in [5.41, 5.74) is 3.48. The normalized spacial score (nSPS) is 15.4. The van der Waals surface area contributed by atoms with Gasteiger partial charge in [0.05, 0.1) is 12.2 Å². The number of hydrogen-bond acceptors (Lipinski definition) is 4. The summed E-state index contributed by atoms with van der Waals surface area (Å²) in [4.78, 5) is 17.1. The van der Waals surface area contributed by atoms with Gasteiger partial charge in [0, 0.05) is 13.1 Å². The van der Waals surface area contributed by atoms with Crippen LogP contribution in [0.3, 0.4) is 0 Å². The van der Waals surface area contributed by atoms with E-state index in [-0.39, 0.29) is 11.9 Å². The van der Waals surface area contributed by atoms with E-state index < -0.39 is 0 Å². The first kappa shape index (κ1) is 17.2. The van der Waals surface area contributed by atoms with E-state index in [1.165, 1.54) is 0 Å². The molecule has 0 N–H and O–H groups in total. The molecule has 1 amide bonds. The van der Waals surface area contributed by atoms with E-state index in [0.29, 0.717) is 18.8 Å². The average Bonchev–Trinajstić information content (AvgIpc) is 2.85. The Morgan fingerprint density at radius 2 is 2.12 bits per heavy atom. The summed E-state index contributed by atoms with van der Waals surface area (Å²) >= 11 is 0. The molecule has 6 heteroatoms. The summed E-state index contributed by atoms with van der Waals surface area (Å²) in [5.74, 6) is 0.0868. The van der Waals surface area contributed by atoms with Gasteiger partial charge in [0.25, 0.3) is 0 Å². The Morgan fingerprint density at radius 3 is 2.80 bits per heavy atom. The van der Waals surface area contributed by atoms with Gasteiger partial charge in [0.1, 0.15) is 12.1 Å². The molecule has 1 aliphatic heterocycles. The van der Waals surface area contributed by atoms with Gasteiger partial charge in [-0.05, 0) is 39.1 Å². The van der Waals surface area contributed by atoms with Crippen LogP contribution < -0.4 is 0 Å². The quantitative estimate of drug-likeness (QED) is 0.860. The Bertz CT molecular complexity index is 817. The van der Waals surface area contributed by atoms with Crippen LogP contribution in [0.5, 0.6) is 0 Å². The number of carbonyl (C=O) groups excluding carboxylic acids is 1. The molecule has 0 radical (unpaired) electrons. The van der Waals surface area contributed by atoms with Gasteiger partial charge in [0.2, 0.25) is 5.91 Å². The number of nitriles is 1. The van der Waals surface area contributed by atoms with Crippen molar-refractivity contribution in [2.24, 2.45) is 0 Å². The van der Waals surface area contributed by atoms with Crippen molar-refractivity contribution in [2.45, 2.75) is 32.5 Å². The highest BCUT2D eigenvalue weighted by Crippen LogP contribution is 2.24. The Morgan fingerprint density at radius 1 is 1.32 bits per heavy atom. The summed E-state index contributed by atoms with van der Waals surface area (Å²) in [6, 6.07) is 11.6. The van der Waals surface area contributed by atoms with Gasteiger partial charge in [-0.2, -0.15) is 10.4 Å². The molecule has 1 atom stereocenters. The topological polar surface area (TPSA) is 65.2 Å². The SMILES string of the molecule is Cc1cccc([C@H](C(=O)N2CCCn3nc(C#N)cc3C2)N(C)C)c1. The molecule has 0 fully saturated rings. The fourth-order valence-electron chi connectivity index (χ4n) is 3.38. The lowest BCUT2D eigenvalue weighted by atomic mass is 10.0. The maximum absolute atomic E-state index is 13.3. The third-order valence-electron chi connectivity index (χ3n) is 4.55. The van der Waals surface area contributed by atoms with E-state index >= 15 is 0 Å². The lowest BCUT2D eigenvalue weighted by Crippen LogP contribution is -2.40. The van der Waals surface area contributed by atoms with E-state index in [9.17, 15) is 4.79 Å². The van der Waals surface area contributed by atoms with Gasteiger partial charge >= 0.3 is 0 Å². The Kier molecular flexibility index (Phi) is 4.86. The van der Waals surface area contributed by atoms with Crippen LogP contribution in [0.1, 0.15) is 35.0 Å². The molecular weight excluding hydrogens is 314 g/mol. The molecule has 1 aromatic heterocycles. The number of benzene rings is 1. The van der Waals surface area contributed by atoms with Crippen molar-refractivity contribution in [3.05, 3.63) is 52.8 Å². The first-order valence-corrected chi connectivity index (χ1v) is 8.48. The second-order valence-corrected chi connectivity index (χ2v) is 6.75. The summed E-state index contributed by atoms with van der Waals surface area (Å²) in [6.07, 6.45) is 0.833. The van der Waals surface area contributed by atoms with Crippen LogP contribution in [0, 0.1) is 18.3 Å². The van der Waals surface area contributed by atoms with Crippen molar-refractivity contribution in [3.63, 3.8) is 0 Å². The maximum Gasteiger partial charge on any atom is 0.244 e. The van der Waals surface area contributed by atoms with E-state index in [4.69, 9.17) is 5.26 Å². The molecule has 1 aromatic carbocycles. The fourth-order valence-corrected chi connectivity index (χ4v) is 3.38. The standard InChI is InChI=1S/C19H23N5O/c1-14-6-4-7-15(10-14)18(22(2)3)19(25)23-8-5-9-24-17(13-23)11-16(12-20)21-24/h4,6-7,10-11,18H,5,8-9,13H2,1-3H3/t18-/m1/s1. The molecule has 2 aromatic rings. The Balaban J connectivity index is 1.88. The van der Waals surface area contributed by atoms with Crippen LogP contribution in [-0.2, 0) is 17.9 Å². The van der Waals surface area contributed by atoms with Crippen LogP contribution in [0.4, 0.5) is 0 Å². The molecule has 25 heavy (non-hydrogen) atoms. The van der Waals surface area contributed by atoms with Crippen molar-refractivity contribution < 1.29 is 4.79 Å². The molecule has 0 unspecified atom stereocenters. The zero-order valence-electron chi connectivity index (χ0n) is 14.9. The van der Waals surface area contributed by atoms with Gasteiger partial charge in [-0.3, -0.25) is 14.4 Å². The van der Waals surface area contributed by atoms with Crippen LogP contribution in [0.25, 0.3) is 0 Å². The fraction of sp³-hybridized carbons (Fsp3) is 0.421. The number of fused-ring (bicyclic) bond motifs is 1. The van der Waals surface area contributed by atoms with E-state index in [1.54, 1.807) is 6.07 Å². The smallest absolute Gasteiger partial charge is 0.244 e. The minimum absolute atomic E-state index is 0.0868. The number of hydrogen-bond donors (Lipinski definition) is 0. The molecular formula is C19H23N5O. The summed E-state index contributed by atoms with van der Waals surface area (Å²) < 4.78 is 1.85. The number of aryl methyl sites for hydroxylation is 2. The third-order valence-corrected chi connectivity index (χ3v) is 4.55. The number of rotatable bonds is 3. The van der Waals surface area contributed by atoms with Gasteiger partial charge in [0.15, 0.2) is 5.69 Å². The molecule has 0 aliphatic carbocycles. The Hall–Kier alpha value is -2.65. The second-order valence-electron chi connectivity index (χ2n) is 6.75. The third kappa shape index (κ3) is 3.57. The number of amides is 1. The minimum Gasteiger partial charge on any atom is -0.335 e. The maximum atomic E-state index is 13.3. The second kappa shape index (κ2) is 7.08. The van der Waals surface area contributed by atoms with Crippen molar-refractivity contribution in [3.8, 4) is 6.07 Å². The number of aromatic nitrogens is 2. The molecule has 0 spiro atoms. The summed E-state index contributed by atoms with van der Waals surface area (Å²) in [7, 11) is 3.86. The molecule has 1 aliphatic rings. The molecule has 6 nitrogen and oxygen atoms in total. The van der Waals surface area contributed by atoms with Crippen LogP contribution >= 0.6 is 0 Å². The van der Waals surface area contributed by atoms with Gasteiger partial charge in [-0.15, -0.1) is 0 Å². The van der Waals surface area contributed by atoms with E-state index in [2.05, 4.69) is 17.2 Å². The highest BCUT2D eigenvalue weighted by atomic mass is 16.2. The van der Waals surface area contributed by atoms with Crippen molar-refractivity contribution in [1.82, 2.24) is 19.6 Å². The predicted octanol–water partition coefficient (Wildman–Crippen LogP) is 2.10. The highest BCUT2D eigenvalue weighted by molar-refractivity contribution is 5.83. The van der Waals surface area contributed by atoms with Crippen molar-refractivity contribution in [1.29, 1.82) is 5.26 Å². The number of likely N-dealkylation sites (N-methyl/N-ethyl adjacent to an activating group) is 1. The molecule has 0 saturated heterocycles. The minimum atomic E-state index is -0.315. The highest BCUT2D eigenvalue weighted by Gasteiger charge is 2.29. The van der Waals surface area contributed by atoms with E-state index in [1.807, 2.05) is 53.7 Å². The molecule has 3 rings (SSSR count). The predicted molar refractivity (Wildman–Crippen MR) is 94.6 cm³/mol. The number of nitrogens with zero attached hydrogens (tertiary/aromatic N) is 5. The van der Waals surface area contributed by atoms with Gasteiger partial charge in [-0.25, -0.2) is 0 Å². The first-order chi connectivity index (χ1) is 12.0. The molecule has 0 bridgehead atoms. The lowest BCUT2D eigenvalue weighted by Gasteiger charge is -2.30. The first-order valence-electron chi connectivity index (χ1n) is 8.48. The van der Waals surface area contributed by atoms with Crippen molar-refractivity contribution in [2.75, 3.05) is 20.6 Å². The average molecular weight is 337 g/mol. The lowest BCUT2D eigenvalue weighted by molar-refractivity contribution is -0.137. The zero-order valence-corrected chi connectivity index (χ0v) is 14.9. The monoisotopic (exact) mass is 337 g/mol. The number of carbonyl (C=O) groups is 1. The summed E-state index contributed by atoms with van der Waals surface area (Å²) in [6.45, 7) is 3.95. The molecule has 130 valence electrons. The Labute approximate surface area is 148 Å². The largest absolute Gasteiger partial charge is 0.335 e. The van der Waals surface area contributed by atoms with Gasteiger partial charge < -0.3 is 4.90 Å². The van der Waals surface area contributed by atoms with Crippen LogP contribution in [0.2, 0.25) is 0 Å². The molecule has 2 heterocycles. The summed E-state index contributed by atoms with van der Waals surface area (Å²) in [5, 5.41) is 13.3. The van der Waals surface area contributed by atoms with Crippen molar-refractivity contribution >= 4 is 5.91 Å². The zero-order chi connectivity index (χ0) is 18.0. The molecule has 0 saturated carbocycles. The van der Waals surface area contributed by atoms with Crippen LogP contribution in [0.15, 0.2) is 30.3 Å².